The molecule has 0 spiro atoms. The molecule has 4 heteroatoms. The second-order valence-electron chi connectivity index (χ2n) is 3.62. The zero-order valence-corrected chi connectivity index (χ0v) is 11.4. The topological polar surface area (TPSA) is 24.9 Å². The van der Waals surface area contributed by atoms with Crippen LogP contribution in [0.4, 0.5) is 0 Å². The van der Waals surface area contributed by atoms with Crippen LogP contribution in [0.2, 0.25) is 0 Å². The highest BCUT2D eigenvalue weighted by molar-refractivity contribution is 9.10. The fraction of sp³-hybridized carbons (Fsp3) is 0.250. The summed E-state index contributed by atoms with van der Waals surface area (Å²) in [4.78, 5) is 5.46. The molecule has 16 heavy (non-hydrogen) atoms. The molecular formula is C12H13BrN2S. The molecule has 0 fully saturated rings. The SMILES string of the molecule is CC(NCc1cc(Br)cs1)c1cccnc1. The number of thiophene rings is 1. The third-order valence-corrected chi connectivity index (χ3v) is 4.09. The van der Waals surface area contributed by atoms with E-state index in [1.165, 1.54) is 10.4 Å². The van der Waals surface area contributed by atoms with Crippen molar-refractivity contribution in [3.63, 3.8) is 0 Å². The molecular weight excluding hydrogens is 284 g/mol. The van der Waals surface area contributed by atoms with Gasteiger partial charge in [-0.1, -0.05) is 6.07 Å². The number of nitrogens with one attached hydrogen (secondary N) is 1. The Morgan fingerprint density at radius 1 is 1.56 bits per heavy atom. The molecule has 0 saturated heterocycles. The average molecular weight is 297 g/mol. The molecule has 0 aliphatic carbocycles. The van der Waals surface area contributed by atoms with Crippen molar-refractivity contribution < 1.29 is 0 Å². The van der Waals surface area contributed by atoms with Gasteiger partial charge in [-0.25, -0.2) is 0 Å². The summed E-state index contributed by atoms with van der Waals surface area (Å²) >= 11 is 5.22. The Labute approximate surface area is 108 Å². The quantitative estimate of drug-likeness (QED) is 0.929. The first kappa shape index (κ1) is 11.8. The Balaban J connectivity index is 1.91. The Bertz CT molecular complexity index is 441. The van der Waals surface area contributed by atoms with Crippen LogP contribution in [0.5, 0.6) is 0 Å². The van der Waals surface area contributed by atoms with Crippen LogP contribution in [-0.4, -0.2) is 4.98 Å². The molecule has 2 nitrogen and oxygen atoms in total. The average Bonchev–Trinajstić information content (AvgIpc) is 2.73. The molecule has 2 rings (SSSR count). The standard InChI is InChI=1S/C12H13BrN2S/c1-9(10-3-2-4-14-6-10)15-7-12-5-11(13)8-16-12/h2-6,8-9,15H,7H2,1H3. The van der Waals surface area contributed by atoms with Crippen molar-refractivity contribution in [3.8, 4) is 0 Å². The Morgan fingerprint density at radius 3 is 3.06 bits per heavy atom. The second-order valence-corrected chi connectivity index (χ2v) is 5.53. The number of pyridine rings is 1. The summed E-state index contributed by atoms with van der Waals surface area (Å²) in [6, 6.07) is 6.53. The minimum Gasteiger partial charge on any atom is -0.305 e. The summed E-state index contributed by atoms with van der Waals surface area (Å²) < 4.78 is 1.16. The van der Waals surface area contributed by atoms with Crippen LogP contribution in [-0.2, 0) is 6.54 Å². The highest BCUT2D eigenvalue weighted by Gasteiger charge is 2.05. The molecule has 1 N–H and O–H groups in total. The normalized spacial score (nSPS) is 12.6. The van der Waals surface area contributed by atoms with E-state index < -0.39 is 0 Å². The van der Waals surface area contributed by atoms with Gasteiger partial charge in [-0.15, -0.1) is 11.3 Å². The first-order chi connectivity index (χ1) is 7.75. The van der Waals surface area contributed by atoms with Crippen LogP contribution >= 0.6 is 27.3 Å². The van der Waals surface area contributed by atoms with E-state index in [0.717, 1.165) is 11.0 Å². The molecule has 1 unspecified atom stereocenters. The molecule has 84 valence electrons. The third-order valence-electron chi connectivity index (χ3n) is 2.39. The van der Waals surface area contributed by atoms with Crippen LogP contribution in [0.25, 0.3) is 0 Å². The maximum Gasteiger partial charge on any atom is 0.0315 e. The van der Waals surface area contributed by atoms with Crippen molar-refractivity contribution in [1.82, 2.24) is 10.3 Å². The van der Waals surface area contributed by atoms with Gasteiger partial charge >= 0.3 is 0 Å². The first-order valence-corrected chi connectivity index (χ1v) is 6.79. The molecule has 0 bridgehead atoms. The van der Waals surface area contributed by atoms with E-state index in [1.807, 2.05) is 12.3 Å². The third kappa shape index (κ3) is 3.14. The van der Waals surface area contributed by atoms with E-state index in [4.69, 9.17) is 0 Å². The van der Waals surface area contributed by atoms with Crippen molar-refractivity contribution in [2.45, 2.75) is 19.5 Å². The number of halogens is 1. The van der Waals surface area contributed by atoms with Crippen molar-refractivity contribution in [1.29, 1.82) is 0 Å². The second kappa shape index (κ2) is 5.57. The Kier molecular flexibility index (Phi) is 4.09. The van der Waals surface area contributed by atoms with Gasteiger partial charge in [0.05, 0.1) is 0 Å². The largest absolute Gasteiger partial charge is 0.305 e. The lowest BCUT2D eigenvalue weighted by atomic mass is 10.1. The van der Waals surface area contributed by atoms with E-state index >= 15 is 0 Å². The molecule has 2 aromatic heterocycles. The highest BCUT2D eigenvalue weighted by atomic mass is 79.9. The van der Waals surface area contributed by atoms with Gasteiger partial charge in [-0.3, -0.25) is 4.98 Å². The molecule has 0 aliphatic heterocycles. The van der Waals surface area contributed by atoms with Crippen molar-refractivity contribution in [3.05, 3.63) is 50.9 Å². The van der Waals surface area contributed by atoms with Crippen LogP contribution < -0.4 is 5.32 Å². The minimum absolute atomic E-state index is 0.328. The zero-order valence-electron chi connectivity index (χ0n) is 8.98. The summed E-state index contributed by atoms with van der Waals surface area (Å²) in [5, 5.41) is 5.58. The predicted octanol–water partition coefficient (Wildman–Crippen LogP) is 3.76. The maximum absolute atomic E-state index is 4.12. The summed E-state index contributed by atoms with van der Waals surface area (Å²) in [6.45, 7) is 3.05. The van der Waals surface area contributed by atoms with Crippen LogP contribution in [0.3, 0.4) is 0 Å². The van der Waals surface area contributed by atoms with Gasteiger partial charge < -0.3 is 5.32 Å². The van der Waals surface area contributed by atoms with Crippen molar-refractivity contribution in [2.75, 3.05) is 0 Å². The van der Waals surface area contributed by atoms with Crippen molar-refractivity contribution in [2.24, 2.45) is 0 Å². The lowest BCUT2D eigenvalue weighted by molar-refractivity contribution is 0.577. The van der Waals surface area contributed by atoms with E-state index in [-0.39, 0.29) is 0 Å². The fourth-order valence-electron chi connectivity index (χ4n) is 1.45. The lowest BCUT2D eigenvalue weighted by Gasteiger charge is -2.12. The van der Waals surface area contributed by atoms with E-state index in [0.29, 0.717) is 6.04 Å². The summed E-state index contributed by atoms with van der Waals surface area (Å²) in [6.07, 6.45) is 3.70. The Hall–Kier alpha value is -0.710. The molecule has 0 aromatic carbocycles. The number of aromatic nitrogens is 1. The zero-order chi connectivity index (χ0) is 11.4. The maximum atomic E-state index is 4.12. The predicted molar refractivity (Wildman–Crippen MR) is 71.5 cm³/mol. The number of hydrogen-bond donors (Lipinski definition) is 1. The van der Waals surface area contributed by atoms with Crippen LogP contribution in [0.15, 0.2) is 40.4 Å². The van der Waals surface area contributed by atoms with E-state index in [1.54, 1.807) is 17.5 Å². The van der Waals surface area contributed by atoms with Gasteiger partial charge in [0.25, 0.3) is 0 Å². The van der Waals surface area contributed by atoms with E-state index in [2.05, 4.69) is 50.7 Å². The number of nitrogens with zero attached hydrogens (tertiary/aromatic N) is 1. The molecule has 0 radical (unpaired) electrons. The highest BCUT2D eigenvalue weighted by Crippen LogP contribution is 2.20. The van der Waals surface area contributed by atoms with Crippen molar-refractivity contribution >= 4 is 27.3 Å². The van der Waals surface area contributed by atoms with Crippen LogP contribution in [0, 0.1) is 0 Å². The first-order valence-electron chi connectivity index (χ1n) is 5.12. The van der Waals surface area contributed by atoms with Gasteiger partial charge in [0.2, 0.25) is 0 Å². The number of rotatable bonds is 4. The Morgan fingerprint density at radius 2 is 2.44 bits per heavy atom. The summed E-state index contributed by atoms with van der Waals surface area (Å²) in [7, 11) is 0. The summed E-state index contributed by atoms with van der Waals surface area (Å²) in [5.41, 5.74) is 1.22. The molecule has 2 heterocycles. The minimum atomic E-state index is 0.328. The van der Waals surface area contributed by atoms with Gasteiger partial charge in [0, 0.05) is 39.7 Å². The van der Waals surface area contributed by atoms with Gasteiger partial charge in [-0.2, -0.15) is 0 Å². The lowest BCUT2D eigenvalue weighted by Crippen LogP contribution is -2.17. The number of hydrogen-bond acceptors (Lipinski definition) is 3. The molecule has 0 aliphatic rings. The fourth-order valence-corrected chi connectivity index (χ4v) is 2.85. The van der Waals surface area contributed by atoms with E-state index in [9.17, 15) is 0 Å². The monoisotopic (exact) mass is 296 g/mol. The molecule has 1 atom stereocenters. The molecule has 0 amide bonds. The van der Waals surface area contributed by atoms with Gasteiger partial charge in [-0.05, 0) is 40.5 Å². The van der Waals surface area contributed by atoms with Gasteiger partial charge in [0.15, 0.2) is 0 Å². The molecule has 2 aromatic rings. The van der Waals surface area contributed by atoms with Gasteiger partial charge in [0.1, 0.15) is 0 Å². The smallest absolute Gasteiger partial charge is 0.0315 e. The summed E-state index contributed by atoms with van der Waals surface area (Å²) in [5.74, 6) is 0. The van der Waals surface area contributed by atoms with Crippen LogP contribution in [0.1, 0.15) is 23.4 Å². The molecule has 0 saturated carbocycles.